The molecular formula is C19H27N3O3. The molecule has 1 N–H and O–H groups in total. The smallest absolute Gasteiger partial charge is 0.290 e. The van der Waals surface area contributed by atoms with Gasteiger partial charge in [0.25, 0.3) is 5.91 Å². The number of amides is 1. The van der Waals surface area contributed by atoms with Crippen molar-refractivity contribution in [1.29, 1.82) is 0 Å². The van der Waals surface area contributed by atoms with E-state index in [0.717, 1.165) is 24.2 Å². The van der Waals surface area contributed by atoms with Crippen LogP contribution in [0, 0.1) is 0 Å². The molecule has 0 fully saturated rings. The van der Waals surface area contributed by atoms with Crippen LogP contribution in [0.2, 0.25) is 0 Å². The van der Waals surface area contributed by atoms with Crippen molar-refractivity contribution in [3.8, 4) is 0 Å². The zero-order valence-corrected chi connectivity index (χ0v) is 15.6. The Morgan fingerprint density at radius 3 is 2.24 bits per heavy atom. The topological polar surface area (TPSA) is 64.1 Å². The second kappa shape index (κ2) is 7.70. The molecule has 0 spiro atoms. The third kappa shape index (κ3) is 4.02. The number of hydrogen-bond acceptors (Lipinski definition) is 5. The summed E-state index contributed by atoms with van der Waals surface area (Å²) in [7, 11) is 7.85. The van der Waals surface area contributed by atoms with Crippen LogP contribution in [0.5, 0.6) is 0 Å². The Morgan fingerprint density at radius 1 is 1.16 bits per heavy atom. The Kier molecular flexibility index (Phi) is 5.85. The SMILES string of the molecule is CC(=O)C1=C(O)C(=O)N(CCCN(C)C)C1c1ccc(N(C)C)cc1. The first-order valence-corrected chi connectivity index (χ1v) is 8.41. The third-order valence-electron chi connectivity index (χ3n) is 4.41. The van der Waals surface area contributed by atoms with Crippen molar-refractivity contribution in [2.45, 2.75) is 19.4 Å². The minimum absolute atomic E-state index is 0.187. The van der Waals surface area contributed by atoms with Crippen LogP contribution in [-0.4, -0.2) is 67.9 Å². The molecule has 0 saturated heterocycles. The fourth-order valence-electron chi connectivity index (χ4n) is 3.10. The standard InChI is InChI=1S/C19H27N3O3/c1-13(23)16-17(14-7-9-15(10-8-14)21(4)5)22(19(25)18(16)24)12-6-11-20(2)3/h7-10,17,24H,6,11-12H2,1-5H3. The van der Waals surface area contributed by atoms with Crippen molar-refractivity contribution in [2.24, 2.45) is 0 Å². The minimum Gasteiger partial charge on any atom is -0.503 e. The van der Waals surface area contributed by atoms with Crippen molar-refractivity contribution in [3.05, 3.63) is 41.2 Å². The molecule has 0 bridgehead atoms. The molecule has 0 aliphatic carbocycles. The van der Waals surface area contributed by atoms with Gasteiger partial charge in [0.1, 0.15) is 0 Å². The normalized spacial score (nSPS) is 17.6. The molecule has 1 amide bonds. The number of anilines is 1. The Bertz CT molecular complexity index is 678. The van der Waals surface area contributed by atoms with E-state index in [9.17, 15) is 14.7 Å². The average Bonchev–Trinajstić information content (AvgIpc) is 2.79. The number of rotatable bonds is 7. The van der Waals surface area contributed by atoms with Crippen molar-refractivity contribution in [3.63, 3.8) is 0 Å². The van der Waals surface area contributed by atoms with Crippen LogP contribution < -0.4 is 4.90 Å². The summed E-state index contributed by atoms with van der Waals surface area (Å²) in [4.78, 5) is 30.2. The van der Waals surface area contributed by atoms with Gasteiger partial charge in [-0.3, -0.25) is 9.59 Å². The van der Waals surface area contributed by atoms with Crippen molar-refractivity contribution in [2.75, 3.05) is 46.2 Å². The molecule has 1 heterocycles. The van der Waals surface area contributed by atoms with Gasteiger partial charge in [0, 0.05) is 26.3 Å². The lowest BCUT2D eigenvalue weighted by Crippen LogP contribution is -2.33. The highest BCUT2D eigenvalue weighted by molar-refractivity contribution is 6.08. The van der Waals surface area contributed by atoms with E-state index < -0.39 is 17.7 Å². The van der Waals surface area contributed by atoms with Crippen molar-refractivity contribution in [1.82, 2.24) is 9.80 Å². The van der Waals surface area contributed by atoms with Gasteiger partial charge >= 0.3 is 0 Å². The molecule has 1 aromatic carbocycles. The van der Waals surface area contributed by atoms with Crippen LogP contribution in [0.15, 0.2) is 35.6 Å². The minimum atomic E-state index is -0.525. The van der Waals surface area contributed by atoms with E-state index in [1.54, 1.807) is 4.90 Å². The molecule has 25 heavy (non-hydrogen) atoms. The fourth-order valence-corrected chi connectivity index (χ4v) is 3.10. The van der Waals surface area contributed by atoms with Crippen molar-refractivity contribution < 1.29 is 14.7 Å². The maximum Gasteiger partial charge on any atom is 0.290 e. The third-order valence-corrected chi connectivity index (χ3v) is 4.41. The number of carbonyl (C=O) groups excluding carboxylic acids is 2. The number of benzene rings is 1. The van der Waals surface area contributed by atoms with Gasteiger partial charge in [0.2, 0.25) is 0 Å². The highest BCUT2D eigenvalue weighted by Gasteiger charge is 2.41. The van der Waals surface area contributed by atoms with Crippen LogP contribution in [-0.2, 0) is 9.59 Å². The van der Waals surface area contributed by atoms with Gasteiger partial charge in [0.15, 0.2) is 11.5 Å². The number of nitrogens with zero attached hydrogens (tertiary/aromatic N) is 3. The van der Waals surface area contributed by atoms with Crippen LogP contribution in [0.4, 0.5) is 5.69 Å². The molecule has 1 aliphatic rings. The van der Waals surface area contributed by atoms with Crippen LogP contribution >= 0.6 is 0 Å². The quantitative estimate of drug-likeness (QED) is 0.819. The van der Waals surface area contributed by atoms with Crippen molar-refractivity contribution >= 4 is 17.4 Å². The van der Waals surface area contributed by atoms with Gasteiger partial charge in [-0.05, 0) is 51.7 Å². The highest BCUT2D eigenvalue weighted by Crippen LogP contribution is 2.38. The lowest BCUT2D eigenvalue weighted by atomic mass is 9.96. The summed E-state index contributed by atoms with van der Waals surface area (Å²) in [6.45, 7) is 2.70. The van der Waals surface area contributed by atoms with E-state index in [1.807, 2.05) is 62.3 Å². The Hall–Kier alpha value is -2.34. The first kappa shape index (κ1) is 19.0. The first-order valence-electron chi connectivity index (χ1n) is 8.41. The second-order valence-corrected chi connectivity index (χ2v) is 6.86. The lowest BCUT2D eigenvalue weighted by molar-refractivity contribution is -0.129. The zero-order chi connectivity index (χ0) is 18.7. The largest absolute Gasteiger partial charge is 0.503 e. The van der Waals surface area contributed by atoms with E-state index in [0.29, 0.717) is 6.54 Å². The number of hydrogen-bond donors (Lipinski definition) is 1. The molecule has 0 saturated carbocycles. The summed E-state index contributed by atoms with van der Waals surface area (Å²) in [6, 6.07) is 7.19. The van der Waals surface area contributed by atoms with Gasteiger partial charge in [0.05, 0.1) is 11.6 Å². The molecule has 1 aliphatic heterocycles. The van der Waals surface area contributed by atoms with Gasteiger partial charge in [-0.1, -0.05) is 12.1 Å². The maximum atomic E-state index is 12.5. The monoisotopic (exact) mass is 345 g/mol. The number of carbonyl (C=O) groups is 2. The van der Waals surface area contributed by atoms with E-state index in [2.05, 4.69) is 0 Å². The van der Waals surface area contributed by atoms with E-state index in [1.165, 1.54) is 6.92 Å². The van der Waals surface area contributed by atoms with Gasteiger partial charge in [-0.25, -0.2) is 0 Å². The summed E-state index contributed by atoms with van der Waals surface area (Å²) in [6.07, 6.45) is 0.767. The number of Topliss-reactive ketones (excluding diaryl/α,β-unsaturated/α-hetero) is 1. The molecule has 6 nitrogen and oxygen atoms in total. The summed E-state index contributed by atoms with van der Waals surface area (Å²) in [5, 5.41) is 10.2. The lowest BCUT2D eigenvalue weighted by Gasteiger charge is -2.27. The Labute approximate surface area is 149 Å². The van der Waals surface area contributed by atoms with Crippen LogP contribution in [0.1, 0.15) is 24.9 Å². The number of aliphatic hydroxyl groups is 1. The molecular weight excluding hydrogens is 318 g/mol. The van der Waals surface area contributed by atoms with E-state index >= 15 is 0 Å². The molecule has 1 atom stereocenters. The average molecular weight is 345 g/mol. The maximum absolute atomic E-state index is 12.5. The molecule has 1 aromatic rings. The first-order chi connectivity index (χ1) is 11.7. The summed E-state index contributed by atoms with van der Waals surface area (Å²) >= 11 is 0. The molecule has 6 heteroatoms. The van der Waals surface area contributed by atoms with Crippen LogP contribution in [0.3, 0.4) is 0 Å². The second-order valence-electron chi connectivity index (χ2n) is 6.86. The zero-order valence-electron chi connectivity index (χ0n) is 15.6. The summed E-state index contributed by atoms with van der Waals surface area (Å²) in [5.41, 5.74) is 2.05. The van der Waals surface area contributed by atoms with E-state index in [4.69, 9.17) is 0 Å². The van der Waals surface area contributed by atoms with E-state index in [-0.39, 0.29) is 11.4 Å². The Morgan fingerprint density at radius 2 is 1.76 bits per heavy atom. The molecule has 136 valence electrons. The van der Waals surface area contributed by atoms with Gasteiger partial charge in [-0.2, -0.15) is 0 Å². The summed E-state index contributed by atoms with van der Waals surface area (Å²) in [5.74, 6) is -1.16. The van der Waals surface area contributed by atoms with Gasteiger partial charge in [-0.15, -0.1) is 0 Å². The van der Waals surface area contributed by atoms with Crippen LogP contribution in [0.25, 0.3) is 0 Å². The molecule has 2 rings (SSSR count). The fraction of sp³-hybridized carbons (Fsp3) is 0.474. The molecule has 0 aromatic heterocycles. The molecule has 0 radical (unpaired) electrons. The predicted octanol–water partition coefficient (Wildman–Crippen LogP) is 1.99. The summed E-state index contributed by atoms with van der Waals surface area (Å²) < 4.78 is 0. The number of ketones is 1. The highest BCUT2D eigenvalue weighted by atomic mass is 16.3. The molecule has 1 unspecified atom stereocenters. The number of aliphatic hydroxyl groups excluding tert-OH is 1. The Balaban J connectivity index is 2.35. The predicted molar refractivity (Wildman–Crippen MR) is 98.7 cm³/mol. The van der Waals surface area contributed by atoms with Gasteiger partial charge < -0.3 is 19.8 Å².